The topological polar surface area (TPSA) is 128 Å². The average Bonchev–Trinajstić information content (AvgIpc) is 3.02. The van der Waals surface area contributed by atoms with Gasteiger partial charge in [0.2, 0.25) is 15.9 Å². The number of aromatic nitrogens is 4. The number of methoxy groups -OCH3 is 1. The molecule has 2 aromatic heterocycles. The highest BCUT2D eigenvalue weighted by Crippen LogP contribution is 2.29. The Morgan fingerprint density at radius 2 is 1.76 bits per heavy atom. The summed E-state index contributed by atoms with van der Waals surface area (Å²) in [6, 6.07) is 6.61. The first-order valence-electron chi connectivity index (χ1n) is 10.4. The second kappa shape index (κ2) is 9.57. The van der Waals surface area contributed by atoms with E-state index in [1.165, 1.54) is 7.11 Å². The summed E-state index contributed by atoms with van der Waals surface area (Å²) in [7, 11) is -2.02. The fourth-order valence-electron chi connectivity index (χ4n) is 3.39. The van der Waals surface area contributed by atoms with Gasteiger partial charge in [-0.1, -0.05) is 0 Å². The van der Waals surface area contributed by atoms with Gasteiger partial charge < -0.3 is 10.1 Å². The number of aryl methyl sites for hydroxylation is 3. The second-order valence-corrected chi connectivity index (χ2v) is 9.67. The lowest BCUT2D eigenvalue weighted by molar-refractivity contribution is -0.115. The van der Waals surface area contributed by atoms with Crippen LogP contribution in [-0.2, 0) is 21.2 Å². The molecule has 0 unspecified atom stereocenters. The molecule has 0 saturated carbocycles. The maximum atomic E-state index is 12.8. The summed E-state index contributed by atoms with van der Waals surface area (Å²) in [5, 5.41) is 7.36. The zero-order chi connectivity index (χ0) is 24.3. The number of hydrogen-bond donors (Lipinski definition) is 2. The van der Waals surface area contributed by atoms with Crippen LogP contribution in [0.25, 0.3) is 5.95 Å². The average molecular weight is 473 g/mol. The number of sulfonamides is 1. The lowest BCUT2D eigenvalue weighted by atomic mass is 10.1. The molecule has 0 bridgehead atoms. The predicted octanol–water partition coefficient (Wildman–Crippen LogP) is 2.85. The summed E-state index contributed by atoms with van der Waals surface area (Å²) >= 11 is 0. The third-order valence-corrected chi connectivity index (χ3v) is 6.36. The van der Waals surface area contributed by atoms with Crippen molar-refractivity contribution in [2.24, 2.45) is 0 Å². The number of benzene rings is 1. The van der Waals surface area contributed by atoms with Crippen molar-refractivity contribution in [3.8, 4) is 11.7 Å². The number of anilines is 2. The van der Waals surface area contributed by atoms with Crippen LogP contribution in [0.15, 0.2) is 24.3 Å². The molecule has 0 aliphatic heterocycles. The molecule has 10 nitrogen and oxygen atoms in total. The van der Waals surface area contributed by atoms with E-state index in [1.54, 1.807) is 29.8 Å². The minimum Gasteiger partial charge on any atom is -0.494 e. The third-order valence-electron chi connectivity index (χ3n) is 5.07. The monoisotopic (exact) mass is 472 g/mol. The van der Waals surface area contributed by atoms with E-state index in [9.17, 15) is 13.2 Å². The van der Waals surface area contributed by atoms with Crippen LogP contribution >= 0.6 is 0 Å². The Morgan fingerprint density at radius 3 is 2.36 bits per heavy atom. The van der Waals surface area contributed by atoms with Crippen LogP contribution in [0.3, 0.4) is 0 Å². The highest BCUT2D eigenvalue weighted by atomic mass is 32.2. The number of hydrogen-bond acceptors (Lipinski definition) is 7. The molecule has 0 atom stereocenters. The molecule has 0 spiro atoms. The lowest BCUT2D eigenvalue weighted by Gasteiger charge is -2.13. The van der Waals surface area contributed by atoms with E-state index in [2.05, 4.69) is 25.1 Å². The summed E-state index contributed by atoms with van der Waals surface area (Å²) in [5.74, 6) is 0.464. The van der Waals surface area contributed by atoms with E-state index in [-0.39, 0.29) is 18.1 Å². The van der Waals surface area contributed by atoms with E-state index < -0.39 is 10.0 Å². The summed E-state index contributed by atoms with van der Waals surface area (Å²) in [6.07, 6.45) is 0.106. The summed E-state index contributed by atoms with van der Waals surface area (Å²) in [4.78, 5) is 21.7. The molecule has 1 amide bonds. The van der Waals surface area contributed by atoms with Gasteiger partial charge in [0.05, 0.1) is 30.7 Å². The number of rotatable bonds is 8. The Kier molecular flexibility index (Phi) is 7.01. The summed E-state index contributed by atoms with van der Waals surface area (Å²) < 4.78 is 33.1. The van der Waals surface area contributed by atoms with Crippen LogP contribution in [0.1, 0.15) is 35.3 Å². The Balaban J connectivity index is 1.79. The van der Waals surface area contributed by atoms with Crippen molar-refractivity contribution in [3.05, 3.63) is 52.6 Å². The standard InChI is InChI=1S/C22H28N6O4S/c1-7-33(30,31)27-19-9-8-17(11-20(19)32-6)25-21(29)12-18-15(4)26-28(16(18)5)22-23-13(2)10-14(3)24-22/h8-11,27H,7,12H2,1-6H3,(H,25,29). The van der Waals surface area contributed by atoms with Gasteiger partial charge >= 0.3 is 0 Å². The van der Waals surface area contributed by atoms with Gasteiger partial charge in [-0.3, -0.25) is 9.52 Å². The van der Waals surface area contributed by atoms with Crippen LogP contribution in [0, 0.1) is 27.7 Å². The number of ether oxygens (including phenoxy) is 1. The van der Waals surface area contributed by atoms with Gasteiger partial charge in [-0.2, -0.15) is 5.10 Å². The SMILES string of the molecule is CCS(=O)(=O)Nc1ccc(NC(=O)Cc2c(C)nn(-c3nc(C)cc(C)n3)c2C)cc1OC. The van der Waals surface area contributed by atoms with Crippen LogP contribution < -0.4 is 14.8 Å². The van der Waals surface area contributed by atoms with Crippen molar-refractivity contribution in [1.82, 2.24) is 19.7 Å². The molecule has 1 aromatic carbocycles. The van der Waals surface area contributed by atoms with E-state index in [0.29, 0.717) is 28.8 Å². The highest BCUT2D eigenvalue weighted by Gasteiger charge is 2.18. The van der Waals surface area contributed by atoms with Crippen molar-refractivity contribution in [1.29, 1.82) is 0 Å². The van der Waals surface area contributed by atoms with Crippen molar-refractivity contribution in [2.45, 2.75) is 41.0 Å². The molecule has 0 radical (unpaired) electrons. The quantitative estimate of drug-likeness (QED) is 0.516. The van der Waals surface area contributed by atoms with Crippen molar-refractivity contribution >= 4 is 27.3 Å². The van der Waals surface area contributed by atoms with Crippen LogP contribution in [0.4, 0.5) is 11.4 Å². The first-order valence-corrected chi connectivity index (χ1v) is 12.0. The zero-order valence-electron chi connectivity index (χ0n) is 19.6. The van der Waals surface area contributed by atoms with Gasteiger partial charge in [0.1, 0.15) is 5.75 Å². The molecule has 3 aromatic rings. The highest BCUT2D eigenvalue weighted by molar-refractivity contribution is 7.92. The molecular formula is C22H28N6O4S. The number of carbonyl (C=O) groups is 1. The molecule has 0 fully saturated rings. The van der Waals surface area contributed by atoms with Crippen molar-refractivity contribution in [3.63, 3.8) is 0 Å². The van der Waals surface area contributed by atoms with Crippen molar-refractivity contribution in [2.75, 3.05) is 22.9 Å². The lowest BCUT2D eigenvalue weighted by Crippen LogP contribution is -2.17. The maximum Gasteiger partial charge on any atom is 0.251 e. The van der Waals surface area contributed by atoms with Crippen LogP contribution in [0.5, 0.6) is 5.75 Å². The minimum absolute atomic E-state index is 0.0613. The molecule has 0 aliphatic carbocycles. The number of carbonyl (C=O) groups excluding carboxylic acids is 1. The van der Waals surface area contributed by atoms with Gasteiger partial charge in [-0.25, -0.2) is 23.1 Å². The Bertz CT molecular complexity index is 1280. The first kappa shape index (κ1) is 24.2. The summed E-state index contributed by atoms with van der Waals surface area (Å²) in [5.41, 5.74) is 4.75. The molecule has 33 heavy (non-hydrogen) atoms. The van der Waals surface area contributed by atoms with Gasteiger partial charge in [-0.05, 0) is 52.8 Å². The fourth-order valence-corrected chi connectivity index (χ4v) is 4.03. The molecule has 0 aliphatic rings. The zero-order valence-corrected chi connectivity index (χ0v) is 20.4. The number of nitrogens with zero attached hydrogens (tertiary/aromatic N) is 4. The largest absolute Gasteiger partial charge is 0.494 e. The Labute approximate surface area is 193 Å². The predicted molar refractivity (Wildman–Crippen MR) is 127 cm³/mol. The molecule has 2 N–H and O–H groups in total. The van der Waals surface area contributed by atoms with Crippen LogP contribution in [0.2, 0.25) is 0 Å². The van der Waals surface area contributed by atoms with Crippen LogP contribution in [-0.4, -0.2) is 46.9 Å². The molecule has 2 heterocycles. The smallest absolute Gasteiger partial charge is 0.251 e. The van der Waals surface area contributed by atoms with Crippen molar-refractivity contribution < 1.29 is 17.9 Å². The Hall–Kier alpha value is -3.47. The van der Waals surface area contributed by atoms with Gasteiger partial charge in [0, 0.05) is 34.4 Å². The Morgan fingerprint density at radius 1 is 1.09 bits per heavy atom. The summed E-state index contributed by atoms with van der Waals surface area (Å²) in [6.45, 7) is 9.05. The molecule has 11 heteroatoms. The van der Waals surface area contributed by atoms with Gasteiger partial charge in [-0.15, -0.1) is 0 Å². The van der Waals surface area contributed by atoms with E-state index in [0.717, 1.165) is 22.6 Å². The fraction of sp³-hybridized carbons (Fsp3) is 0.364. The van der Waals surface area contributed by atoms with E-state index in [1.807, 2.05) is 33.8 Å². The van der Waals surface area contributed by atoms with Gasteiger partial charge in [0.15, 0.2) is 0 Å². The maximum absolute atomic E-state index is 12.8. The van der Waals surface area contributed by atoms with Gasteiger partial charge in [0.25, 0.3) is 5.95 Å². The minimum atomic E-state index is -3.45. The second-order valence-electron chi connectivity index (χ2n) is 7.66. The normalized spacial score (nSPS) is 11.3. The molecular weight excluding hydrogens is 444 g/mol. The van der Waals surface area contributed by atoms with E-state index in [4.69, 9.17) is 4.74 Å². The molecule has 176 valence electrons. The number of nitrogens with one attached hydrogen (secondary N) is 2. The molecule has 0 saturated heterocycles. The third kappa shape index (κ3) is 5.67. The first-order chi connectivity index (χ1) is 15.5. The van der Waals surface area contributed by atoms with E-state index >= 15 is 0 Å². The number of amides is 1. The molecule has 3 rings (SSSR count).